The highest BCUT2D eigenvalue weighted by Gasteiger charge is 2.30. The van der Waals surface area contributed by atoms with E-state index in [4.69, 9.17) is 0 Å². The Morgan fingerprint density at radius 2 is 2.03 bits per heavy atom. The summed E-state index contributed by atoms with van der Waals surface area (Å²) < 4.78 is 0. The topological polar surface area (TPSA) is 116 Å². The smallest absolute Gasteiger partial charge is 0.296 e. The van der Waals surface area contributed by atoms with E-state index in [0.717, 1.165) is 11.8 Å². The third-order valence-electron chi connectivity index (χ3n) is 5.39. The van der Waals surface area contributed by atoms with E-state index in [1.165, 1.54) is 0 Å². The summed E-state index contributed by atoms with van der Waals surface area (Å²) in [5.74, 6) is 3.73. The number of nitrogens with one attached hydrogen (secondary N) is 2. The minimum atomic E-state index is -1.06. The van der Waals surface area contributed by atoms with Crippen LogP contribution in [0, 0.1) is 11.8 Å². The summed E-state index contributed by atoms with van der Waals surface area (Å²) in [6.07, 6.45) is 0.374. The summed E-state index contributed by atoms with van der Waals surface area (Å²) in [5.41, 5.74) is 2.54. The lowest BCUT2D eigenvalue weighted by Crippen LogP contribution is -2.51. The fraction of sp³-hybridized carbons (Fsp3) is 0.280. The summed E-state index contributed by atoms with van der Waals surface area (Å²) in [6, 6.07) is 13.5. The Bertz CT molecular complexity index is 1100. The van der Waals surface area contributed by atoms with Gasteiger partial charge in [0.25, 0.3) is 5.91 Å². The van der Waals surface area contributed by atoms with Crippen molar-refractivity contribution in [1.29, 1.82) is 0 Å². The van der Waals surface area contributed by atoms with Crippen LogP contribution in [0.25, 0.3) is 0 Å². The second-order valence-corrected chi connectivity index (χ2v) is 7.80. The van der Waals surface area contributed by atoms with E-state index in [9.17, 15) is 24.3 Å². The monoisotopic (exact) mass is 447 g/mol. The number of carbonyl (C=O) groups is 4. The Morgan fingerprint density at radius 1 is 1.27 bits per heavy atom. The minimum absolute atomic E-state index is 0.184. The van der Waals surface area contributed by atoms with Crippen molar-refractivity contribution in [2.24, 2.45) is 0 Å². The third-order valence-corrected chi connectivity index (χ3v) is 5.39. The molecular formula is C25H25N3O5. The maximum absolute atomic E-state index is 12.1. The second kappa shape index (κ2) is 11.2. The second-order valence-electron chi connectivity index (χ2n) is 7.80. The number of hydrogen-bond acceptors (Lipinski definition) is 6. The average molecular weight is 447 g/mol. The van der Waals surface area contributed by atoms with E-state index in [0.29, 0.717) is 29.7 Å². The summed E-state index contributed by atoms with van der Waals surface area (Å²) in [5, 5.41) is 15.0. The van der Waals surface area contributed by atoms with Crippen LogP contribution in [-0.2, 0) is 27.5 Å². The number of carbonyl (C=O) groups excluding carboxylic acids is 4. The molecule has 1 aliphatic rings. The van der Waals surface area contributed by atoms with Gasteiger partial charge in [-0.3, -0.25) is 29.4 Å². The van der Waals surface area contributed by atoms with Crippen LogP contribution in [0.4, 0.5) is 0 Å². The molecule has 1 aliphatic heterocycles. The van der Waals surface area contributed by atoms with Crippen molar-refractivity contribution in [2.45, 2.75) is 38.1 Å². The lowest BCUT2D eigenvalue weighted by Gasteiger charge is -2.30. The van der Waals surface area contributed by atoms with Crippen molar-refractivity contribution in [3.05, 3.63) is 70.8 Å². The van der Waals surface area contributed by atoms with Gasteiger partial charge in [-0.25, -0.2) is 0 Å². The van der Waals surface area contributed by atoms with Crippen LogP contribution in [0.2, 0.25) is 0 Å². The molecule has 3 rings (SSSR count). The Morgan fingerprint density at radius 3 is 2.73 bits per heavy atom. The van der Waals surface area contributed by atoms with Gasteiger partial charge in [-0.05, 0) is 36.1 Å². The molecule has 0 aliphatic carbocycles. The number of nitrogens with zero attached hydrogens (tertiary/aromatic N) is 1. The zero-order valence-corrected chi connectivity index (χ0v) is 18.2. The Kier molecular flexibility index (Phi) is 8.08. The Hall–Kier alpha value is -3.80. The molecule has 8 heteroatoms. The number of aliphatic hydroxyl groups excluding tert-OH is 1. The molecule has 2 aromatic carbocycles. The maximum atomic E-state index is 12.1. The highest BCUT2D eigenvalue weighted by molar-refractivity contribution is 6.00. The normalized spacial score (nSPS) is 16.4. The van der Waals surface area contributed by atoms with Crippen LogP contribution in [0.5, 0.6) is 0 Å². The molecule has 0 aromatic heterocycles. The quantitative estimate of drug-likeness (QED) is 0.333. The predicted molar refractivity (Wildman–Crippen MR) is 120 cm³/mol. The number of piperidine rings is 1. The minimum Gasteiger partial charge on any atom is -0.376 e. The number of aliphatic hydroxyl groups is 1. The van der Waals surface area contributed by atoms with Gasteiger partial charge in [-0.2, -0.15) is 0 Å². The molecule has 0 saturated carbocycles. The molecule has 2 aromatic rings. The zero-order chi connectivity index (χ0) is 23.8. The molecule has 1 fully saturated rings. The Balaban J connectivity index is 1.62. The molecule has 1 heterocycles. The van der Waals surface area contributed by atoms with Crippen LogP contribution < -0.4 is 10.6 Å². The molecular weight excluding hydrogens is 422 g/mol. The summed E-state index contributed by atoms with van der Waals surface area (Å²) in [6.45, 7) is 0.508. The van der Waals surface area contributed by atoms with Gasteiger partial charge in [0.2, 0.25) is 11.8 Å². The lowest BCUT2D eigenvalue weighted by atomic mass is 10.0. The van der Waals surface area contributed by atoms with Crippen molar-refractivity contribution in [3.8, 4) is 11.8 Å². The van der Waals surface area contributed by atoms with E-state index < -0.39 is 18.1 Å². The number of benzene rings is 2. The van der Waals surface area contributed by atoms with Crippen LogP contribution in [0.1, 0.15) is 46.0 Å². The molecule has 2 unspecified atom stereocenters. The average Bonchev–Trinajstić information content (AvgIpc) is 2.81. The van der Waals surface area contributed by atoms with Crippen LogP contribution >= 0.6 is 0 Å². The first-order valence-corrected chi connectivity index (χ1v) is 10.5. The van der Waals surface area contributed by atoms with Gasteiger partial charge < -0.3 is 10.4 Å². The number of hydrogen-bond donors (Lipinski definition) is 3. The number of amides is 3. The molecule has 0 bridgehead atoms. The largest absolute Gasteiger partial charge is 0.376 e. The van der Waals surface area contributed by atoms with E-state index >= 15 is 0 Å². The van der Waals surface area contributed by atoms with Gasteiger partial charge in [0.05, 0.1) is 6.04 Å². The molecule has 2 atom stereocenters. The van der Waals surface area contributed by atoms with Gasteiger partial charge in [-0.15, -0.1) is 0 Å². The van der Waals surface area contributed by atoms with Gasteiger partial charge in [0.1, 0.15) is 12.4 Å². The maximum Gasteiger partial charge on any atom is 0.296 e. The molecule has 1 saturated heterocycles. The fourth-order valence-electron chi connectivity index (χ4n) is 3.58. The van der Waals surface area contributed by atoms with Crippen molar-refractivity contribution >= 4 is 24.0 Å². The third kappa shape index (κ3) is 6.59. The van der Waals surface area contributed by atoms with Crippen molar-refractivity contribution in [3.63, 3.8) is 0 Å². The van der Waals surface area contributed by atoms with Crippen molar-refractivity contribution in [1.82, 2.24) is 15.5 Å². The van der Waals surface area contributed by atoms with Gasteiger partial charge in [0.15, 0.2) is 0 Å². The molecule has 3 N–H and O–H groups in total. The van der Waals surface area contributed by atoms with Crippen molar-refractivity contribution < 1.29 is 24.3 Å². The number of imide groups is 1. The van der Waals surface area contributed by atoms with Gasteiger partial charge >= 0.3 is 0 Å². The van der Waals surface area contributed by atoms with E-state index in [2.05, 4.69) is 22.5 Å². The molecule has 0 spiro atoms. The Labute approximate surface area is 192 Å². The molecule has 170 valence electrons. The van der Waals surface area contributed by atoms with E-state index in [1.807, 2.05) is 6.07 Å². The first kappa shape index (κ1) is 23.9. The fourth-order valence-corrected chi connectivity index (χ4v) is 3.58. The summed E-state index contributed by atoms with van der Waals surface area (Å²) >= 11 is 0. The van der Waals surface area contributed by atoms with Crippen LogP contribution in [-0.4, -0.2) is 47.1 Å². The lowest BCUT2D eigenvalue weighted by molar-refractivity contribution is -0.137. The van der Waals surface area contributed by atoms with Gasteiger partial charge in [0, 0.05) is 25.1 Å². The molecule has 0 radical (unpaired) electrons. The van der Waals surface area contributed by atoms with Gasteiger partial charge in [-0.1, -0.05) is 54.5 Å². The molecule has 3 amide bonds. The number of rotatable bonds is 7. The SMILES string of the molecule is CN(Cc1cc(CNC(=O)C#CC(O)c2ccccc2)ccc1C=O)C1CCC(=O)NC1=O. The first-order valence-electron chi connectivity index (χ1n) is 10.5. The highest BCUT2D eigenvalue weighted by atomic mass is 16.3. The van der Waals surface area contributed by atoms with Crippen LogP contribution in [0.3, 0.4) is 0 Å². The summed E-state index contributed by atoms with van der Waals surface area (Å²) in [4.78, 5) is 48.8. The van der Waals surface area contributed by atoms with E-state index in [-0.39, 0.29) is 24.8 Å². The van der Waals surface area contributed by atoms with Crippen LogP contribution in [0.15, 0.2) is 48.5 Å². The highest BCUT2D eigenvalue weighted by Crippen LogP contribution is 2.18. The molecule has 8 nitrogen and oxygen atoms in total. The number of aldehydes is 1. The standard InChI is InChI=1S/C25H25N3O5/c1-28(21-9-11-24(32)27-25(21)33)15-20-13-17(7-8-19(20)16-29)14-26-23(31)12-10-22(30)18-5-3-2-4-6-18/h2-8,13,16,21-22,30H,9,11,14-15H2,1H3,(H,26,31)(H,27,32,33). The van der Waals surface area contributed by atoms with Crippen molar-refractivity contribution in [2.75, 3.05) is 7.05 Å². The zero-order valence-electron chi connectivity index (χ0n) is 18.2. The molecule has 33 heavy (non-hydrogen) atoms. The van der Waals surface area contributed by atoms with E-state index in [1.54, 1.807) is 54.4 Å². The predicted octanol–water partition coefficient (Wildman–Crippen LogP) is 1.09. The number of likely N-dealkylation sites (N-methyl/N-ethyl adjacent to an activating group) is 1. The first-order chi connectivity index (χ1) is 15.9. The summed E-state index contributed by atoms with van der Waals surface area (Å²) in [7, 11) is 1.76.